The number of para-hydroxylation sites is 1. The average Bonchev–Trinajstić information content (AvgIpc) is 3.15. The molecule has 1 aromatic carbocycles. The first-order valence-corrected chi connectivity index (χ1v) is 7.88. The Morgan fingerprint density at radius 3 is 2.71 bits per heavy atom. The fourth-order valence-corrected chi connectivity index (χ4v) is 3.65. The molecule has 1 fully saturated rings. The van der Waals surface area contributed by atoms with E-state index in [1.54, 1.807) is 7.11 Å². The molecule has 0 saturated heterocycles. The van der Waals surface area contributed by atoms with Gasteiger partial charge in [0.25, 0.3) is 0 Å². The molecule has 1 aliphatic carbocycles. The summed E-state index contributed by atoms with van der Waals surface area (Å²) in [5, 5.41) is 3.58. The van der Waals surface area contributed by atoms with Crippen molar-refractivity contribution >= 4 is 5.96 Å². The van der Waals surface area contributed by atoms with Gasteiger partial charge in [-0.1, -0.05) is 31.0 Å². The summed E-state index contributed by atoms with van der Waals surface area (Å²) in [5.74, 6) is 2.05. The van der Waals surface area contributed by atoms with Crippen LogP contribution in [0.4, 0.5) is 0 Å². The Kier molecular flexibility index (Phi) is 4.04. The number of rotatable bonds is 4. The van der Waals surface area contributed by atoms with E-state index in [1.165, 1.54) is 31.2 Å². The molecule has 1 saturated carbocycles. The van der Waals surface area contributed by atoms with E-state index < -0.39 is 0 Å². The zero-order valence-corrected chi connectivity index (χ0v) is 13.1. The van der Waals surface area contributed by atoms with Crippen LogP contribution in [0.15, 0.2) is 29.3 Å². The van der Waals surface area contributed by atoms with Crippen LogP contribution in [0.2, 0.25) is 0 Å². The molecule has 0 unspecified atom stereocenters. The molecule has 1 heterocycles. The second-order valence-corrected chi connectivity index (χ2v) is 6.17. The lowest BCUT2D eigenvalue weighted by atomic mass is 9.78. The van der Waals surface area contributed by atoms with Crippen molar-refractivity contribution in [1.29, 1.82) is 0 Å². The van der Waals surface area contributed by atoms with Gasteiger partial charge in [-0.05, 0) is 18.9 Å². The van der Waals surface area contributed by atoms with Crippen LogP contribution in [-0.4, -0.2) is 44.7 Å². The summed E-state index contributed by atoms with van der Waals surface area (Å²) in [7, 11) is 3.87. The Morgan fingerprint density at radius 2 is 2.05 bits per heavy atom. The van der Waals surface area contributed by atoms with Crippen LogP contribution < -0.4 is 10.1 Å². The van der Waals surface area contributed by atoms with Gasteiger partial charge in [0.05, 0.1) is 13.7 Å². The third-order valence-electron chi connectivity index (χ3n) is 4.88. The van der Waals surface area contributed by atoms with Gasteiger partial charge in [0.2, 0.25) is 0 Å². The predicted molar refractivity (Wildman–Crippen MR) is 86.1 cm³/mol. The number of aliphatic imine (C=N–C) groups is 1. The van der Waals surface area contributed by atoms with E-state index in [4.69, 9.17) is 4.74 Å². The topological polar surface area (TPSA) is 36.9 Å². The van der Waals surface area contributed by atoms with Gasteiger partial charge in [0.15, 0.2) is 5.96 Å². The SMILES string of the molecule is COc1ccccc1C1(CNC2=NCCN2C)CCCC1. The number of likely N-dealkylation sites (N-methyl/N-ethyl adjacent to an activating group) is 1. The first kappa shape index (κ1) is 14.2. The van der Waals surface area contributed by atoms with Crippen molar-refractivity contribution in [3.8, 4) is 5.75 Å². The van der Waals surface area contributed by atoms with Gasteiger partial charge >= 0.3 is 0 Å². The van der Waals surface area contributed by atoms with Crippen LogP contribution in [0, 0.1) is 0 Å². The van der Waals surface area contributed by atoms with Gasteiger partial charge in [-0.25, -0.2) is 0 Å². The van der Waals surface area contributed by atoms with Crippen molar-refractivity contribution in [2.45, 2.75) is 31.1 Å². The van der Waals surface area contributed by atoms with Crippen molar-refractivity contribution < 1.29 is 4.74 Å². The molecule has 21 heavy (non-hydrogen) atoms. The second-order valence-electron chi connectivity index (χ2n) is 6.17. The van der Waals surface area contributed by atoms with Gasteiger partial charge in [0, 0.05) is 31.1 Å². The average molecular weight is 287 g/mol. The summed E-state index contributed by atoms with van der Waals surface area (Å²) in [4.78, 5) is 6.74. The van der Waals surface area contributed by atoms with Crippen LogP contribution in [-0.2, 0) is 5.41 Å². The Bertz CT molecular complexity index is 521. The third-order valence-corrected chi connectivity index (χ3v) is 4.88. The maximum Gasteiger partial charge on any atom is 0.193 e. The highest BCUT2D eigenvalue weighted by molar-refractivity contribution is 5.81. The Labute approximate surface area is 127 Å². The fraction of sp³-hybridized carbons (Fsp3) is 0.588. The number of methoxy groups -OCH3 is 1. The lowest BCUT2D eigenvalue weighted by molar-refractivity contribution is 0.369. The fourth-order valence-electron chi connectivity index (χ4n) is 3.65. The highest BCUT2D eigenvalue weighted by Gasteiger charge is 2.38. The standard InChI is InChI=1S/C17H25N3O/c1-20-12-11-18-16(20)19-13-17(9-5-6-10-17)14-7-3-4-8-15(14)21-2/h3-4,7-8H,5-6,9-13H2,1-2H3,(H,18,19). The van der Waals surface area contributed by atoms with Gasteiger partial charge in [-0.3, -0.25) is 4.99 Å². The van der Waals surface area contributed by atoms with E-state index in [9.17, 15) is 0 Å². The molecule has 0 spiro atoms. The number of nitrogens with one attached hydrogen (secondary N) is 1. The first-order valence-electron chi connectivity index (χ1n) is 7.88. The van der Waals surface area contributed by atoms with E-state index >= 15 is 0 Å². The van der Waals surface area contributed by atoms with Crippen LogP contribution in [0.3, 0.4) is 0 Å². The minimum Gasteiger partial charge on any atom is -0.496 e. The van der Waals surface area contributed by atoms with E-state index in [2.05, 4.69) is 40.5 Å². The second kappa shape index (κ2) is 5.96. The highest BCUT2D eigenvalue weighted by Crippen LogP contribution is 2.44. The molecule has 1 aromatic rings. The number of benzene rings is 1. The van der Waals surface area contributed by atoms with Crippen LogP contribution in [0.25, 0.3) is 0 Å². The summed E-state index contributed by atoms with van der Waals surface area (Å²) in [6, 6.07) is 8.48. The first-order chi connectivity index (χ1) is 10.2. The van der Waals surface area contributed by atoms with Crippen molar-refractivity contribution in [3.05, 3.63) is 29.8 Å². The molecule has 0 atom stereocenters. The maximum atomic E-state index is 5.61. The quantitative estimate of drug-likeness (QED) is 0.924. The number of hydrogen-bond donors (Lipinski definition) is 1. The minimum atomic E-state index is 0.179. The molecule has 4 heteroatoms. The molecule has 0 radical (unpaired) electrons. The Hall–Kier alpha value is -1.71. The third kappa shape index (κ3) is 2.71. The normalized spacial score (nSPS) is 20.5. The van der Waals surface area contributed by atoms with Crippen molar-refractivity contribution in [3.63, 3.8) is 0 Å². The van der Waals surface area contributed by atoms with Crippen molar-refractivity contribution in [2.75, 3.05) is 33.8 Å². The molecule has 0 bridgehead atoms. The molecule has 0 aromatic heterocycles. The largest absolute Gasteiger partial charge is 0.496 e. The molecular weight excluding hydrogens is 262 g/mol. The Morgan fingerprint density at radius 1 is 1.29 bits per heavy atom. The number of nitrogens with zero attached hydrogens (tertiary/aromatic N) is 2. The Balaban J connectivity index is 1.82. The number of ether oxygens (including phenoxy) is 1. The highest BCUT2D eigenvalue weighted by atomic mass is 16.5. The smallest absolute Gasteiger partial charge is 0.193 e. The van der Waals surface area contributed by atoms with Gasteiger partial charge in [-0.15, -0.1) is 0 Å². The molecule has 3 rings (SSSR count). The zero-order valence-electron chi connectivity index (χ0n) is 13.1. The lowest BCUT2D eigenvalue weighted by Gasteiger charge is -2.32. The van der Waals surface area contributed by atoms with Crippen LogP contribution >= 0.6 is 0 Å². The van der Waals surface area contributed by atoms with Crippen LogP contribution in [0.1, 0.15) is 31.2 Å². The number of guanidine groups is 1. The molecular formula is C17H25N3O. The van der Waals surface area contributed by atoms with Crippen LogP contribution in [0.5, 0.6) is 5.75 Å². The zero-order chi connectivity index (χ0) is 14.7. The molecule has 1 aliphatic heterocycles. The van der Waals surface area contributed by atoms with Crippen molar-refractivity contribution in [2.24, 2.45) is 4.99 Å². The minimum absolute atomic E-state index is 0.179. The van der Waals surface area contributed by atoms with Gasteiger partial charge < -0.3 is 15.0 Å². The van der Waals surface area contributed by atoms with Crippen molar-refractivity contribution in [1.82, 2.24) is 10.2 Å². The summed E-state index contributed by atoms with van der Waals surface area (Å²) in [6.07, 6.45) is 5.03. The van der Waals surface area contributed by atoms with E-state index in [0.29, 0.717) is 0 Å². The van der Waals surface area contributed by atoms with E-state index in [-0.39, 0.29) is 5.41 Å². The van der Waals surface area contributed by atoms with Gasteiger partial charge in [0.1, 0.15) is 5.75 Å². The van der Waals surface area contributed by atoms with E-state index in [1.807, 2.05) is 6.07 Å². The summed E-state index contributed by atoms with van der Waals surface area (Å²) < 4.78 is 5.61. The summed E-state index contributed by atoms with van der Waals surface area (Å²) in [6.45, 7) is 2.86. The number of hydrogen-bond acceptors (Lipinski definition) is 4. The molecule has 1 N–H and O–H groups in total. The summed E-state index contributed by atoms with van der Waals surface area (Å²) in [5.41, 5.74) is 1.53. The summed E-state index contributed by atoms with van der Waals surface area (Å²) >= 11 is 0. The predicted octanol–water partition coefficient (Wildman–Crippen LogP) is 2.40. The maximum absolute atomic E-state index is 5.61. The molecule has 4 nitrogen and oxygen atoms in total. The lowest BCUT2D eigenvalue weighted by Crippen LogP contribution is -2.43. The molecule has 0 amide bonds. The molecule has 114 valence electrons. The monoisotopic (exact) mass is 287 g/mol. The van der Waals surface area contributed by atoms with E-state index in [0.717, 1.165) is 31.3 Å². The van der Waals surface area contributed by atoms with Gasteiger partial charge in [-0.2, -0.15) is 0 Å². The molecule has 2 aliphatic rings.